The Labute approximate surface area is 107 Å². The summed E-state index contributed by atoms with van der Waals surface area (Å²) in [5.74, 6) is 1.86. The van der Waals surface area contributed by atoms with Crippen molar-refractivity contribution >= 4 is 15.2 Å². The van der Waals surface area contributed by atoms with Crippen molar-refractivity contribution in [2.24, 2.45) is 11.8 Å². The fourth-order valence-corrected chi connectivity index (χ4v) is 4.13. The van der Waals surface area contributed by atoms with Gasteiger partial charge in [-0.05, 0) is 0 Å². The van der Waals surface area contributed by atoms with Gasteiger partial charge in [0.25, 0.3) is 0 Å². The predicted octanol–water partition coefficient (Wildman–Crippen LogP) is 4.90. The van der Waals surface area contributed by atoms with Gasteiger partial charge in [0, 0.05) is 0 Å². The van der Waals surface area contributed by atoms with Crippen molar-refractivity contribution < 1.29 is 18.6 Å². The van der Waals surface area contributed by atoms with Crippen molar-refractivity contribution in [2.75, 3.05) is 0 Å². The maximum absolute atomic E-state index is 2.31. The summed E-state index contributed by atoms with van der Waals surface area (Å²) in [6.07, 6.45) is 0. The Morgan fingerprint density at radius 3 is 1.43 bits per heavy atom. The molecule has 0 aliphatic carbocycles. The van der Waals surface area contributed by atoms with Crippen LogP contribution in [0.2, 0.25) is 20.6 Å². The molecule has 0 radical (unpaired) electrons. The molecule has 0 saturated heterocycles. The van der Waals surface area contributed by atoms with Gasteiger partial charge in [0.2, 0.25) is 0 Å². The second-order valence-corrected chi connectivity index (χ2v) is 12.1. The van der Waals surface area contributed by atoms with Crippen molar-refractivity contribution in [2.45, 2.75) is 62.1 Å². The Kier molecular flexibility index (Phi) is 17.7. The minimum Gasteiger partial charge on any atom is -1.00 e. The van der Waals surface area contributed by atoms with Crippen LogP contribution in [0, 0.1) is 11.8 Å². The summed E-state index contributed by atoms with van der Waals surface area (Å²) in [4.78, 5) is 0. The maximum Gasteiger partial charge on any atom is -1.00 e. The molecule has 0 bridgehead atoms. The summed E-state index contributed by atoms with van der Waals surface area (Å²) in [7, 11) is 0. The monoisotopic (exact) mass is 264 g/mol. The van der Waals surface area contributed by atoms with Crippen LogP contribution in [-0.2, 0) is 17.1 Å². The molecular weight excluding hydrogens is 237 g/mol. The van der Waals surface area contributed by atoms with E-state index in [0.717, 1.165) is 27.1 Å². The average molecular weight is 266 g/mol. The molecular formula is C12H29AlZn. The summed E-state index contributed by atoms with van der Waals surface area (Å²) < 4.78 is 0. The first-order chi connectivity index (χ1) is 6.54. The van der Waals surface area contributed by atoms with Crippen LogP contribution < -0.4 is 0 Å². The van der Waals surface area contributed by atoms with Crippen LogP contribution in [-0.4, -0.2) is 15.2 Å². The molecule has 0 aliphatic rings. The normalized spacial score (nSPS) is 9.14. The molecule has 0 rings (SSSR count). The second-order valence-electron chi connectivity index (χ2n) is 4.90. The van der Waals surface area contributed by atoms with Crippen molar-refractivity contribution in [1.82, 2.24) is 0 Å². The Hall–Kier alpha value is 1.16. The van der Waals surface area contributed by atoms with E-state index in [4.69, 9.17) is 0 Å². The van der Waals surface area contributed by atoms with Gasteiger partial charge in [-0.15, -0.1) is 0 Å². The molecule has 0 unspecified atom stereocenters. The second kappa shape index (κ2) is 14.2. The first kappa shape index (κ1) is 17.5. The molecule has 0 aliphatic heterocycles. The third-order valence-corrected chi connectivity index (χ3v) is 7.50. The summed E-state index contributed by atoms with van der Waals surface area (Å²) in [5.41, 5.74) is 0. The van der Waals surface area contributed by atoms with Crippen molar-refractivity contribution in [3.8, 4) is 0 Å². The molecule has 0 N–H and O–H groups in total. The van der Waals surface area contributed by atoms with E-state index in [1.807, 2.05) is 0 Å². The van der Waals surface area contributed by atoms with Crippen LogP contribution >= 0.6 is 0 Å². The number of hydrogen-bond acceptors (Lipinski definition) is 0. The topological polar surface area (TPSA) is 0 Å². The third-order valence-electron chi connectivity index (χ3n) is 1.98. The first-order valence-corrected chi connectivity index (χ1v) is 12.2. The Morgan fingerprint density at radius 1 is 0.929 bits per heavy atom. The van der Waals surface area contributed by atoms with Gasteiger partial charge in [0.1, 0.15) is 0 Å². The minimum absolute atomic E-state index is 0. The Bertz CT molecular complexity index is 87.6. The van der Waals surface area contributed by atoms with Gasteiger partial charge in [0.15, 0.2) is 0 Å². The maximum atomic E-state index is 2.31. The quantitative estimate of drug-likeness (QED) is 0.600. The van der Waals surface area contributed by atoms with E-state index in [2.05, 4.69) is 41.5 Å². The molecule has 82 valence electrons. The summed E-state index contributed by atoms with van der Waals surface area (Å²) in [5, 5.41) is 6.03. The zero-order valence-electron chi connectivity index (χ0n) is 12.3. The number of hydrogen-bond donors (Lipinski definition) is 0. The van der Waals surface area contributed by atoms with E-state index in [-0.39, 0.29) is 18.6 Å². The minimum atomic E-state index is 0. The third kappa shape index (κ3) is 23.2. The molecule has 0 atom stereocenters. The van der Waals surface area contributed by atoms with E-state index in [0.29, 0.717) is 0 Å². The molecule has 0 aromatic carbocycles. The van der Waals surface area contributed by atoms with Crippen molar-refractivity contribution in [3.05, 3.63) is 0 Å². The van der Waals surface area contributed by atoms with E-state index in [9.17, 15) is 0 Å². The van der Waals surface area contributed by atoms with Crippen LogP contribution in [0.4, 0.5) is 0 Å². The van der Waals surface area contributed by atoms with E-state index < -0.39 is 0 Å². The Balaban J connectivity index is -0.000000208. The zero-order valence-corrected chi connectivity index (χ0v) is 15.4. The molecule has 0 fully saturated rings. The predicted molar refractivity (Wildman–Crippen MR) is 67.1 cm³/mol. The first-order valence-electron chi connectivity index (χ1n) is 6.36. The number of rotatable bonds is 6. The summed E-state index contributed by atoms with van der Waals surface area (Å²) >= 11 is 0.852. The van der Waals surface area contributed by atoms with Gasteiger partial charge in [0.05, 0.1) is 0 Å². The molecule has 2 heteroatoms. The summed E-state index contributed by atoms with van der Waals surface area (Å²) in [6.45, 7) is 13.8. The van der Waals surface area contributed by atoms with Crippen LogP contribution in [0.15, 0.2) is 0 Å². The summed E-state index contributed by atoms with van der Waals surface area (Å²) in [6, 6.07) is 0. The molecule has 0 saturated carbocycles. The van der Waals surface area contributed by atoms with Gasteiger partial charge in [-0.25, -0.2) is 0 Å². The Morgan fingerprint density at radius 2 is 1.29 bits per heavy atom. The standard InChI is InChI=1S/2C4H9.2C2H5.Al.Zn.H/c2*1-4(2)3;2*1-2;;;/h2*4H,1H2,2-3H3;2*1H2,2H3;;;/q;;;;+1;;-1. The van der Waals surface area contributed by atoms with Gasteiger partial charge >= 0.3 is 106 Å². The van der Waals surface area contributed by atoms with Crippen molar-refractivity contribution in [3.63, 3.8) is 0 Å². The SMILES string of the molecule is CC(C)[CH2][Al+][CH2]C(C)C.C[CH2][Zn][CH2]C.[H-]. The largest absolute Gasteiger partial charge is 1.00 e. The van der Waals surface area contributed by atoms with E-state index in [1.54, 1.807) is 0 Å². The van der Waals surface area contributed by atoms with Gasteiger partial charge in [-0.2, -0.15) is 0 Å². The van der Waals surface area contributed by atoms with Crippen LogP contribution in [0.3, 0.4) is 0 Å². The average Bonchev–Trinajstić information content (AvgIpc) is 2.05. The smallest absolute Gasteiger partial charge is 1.00 e. The van der Waals surface area contributed by atoms with E-state index in [1.165, 1.54) is 20.6 Å². The fourth-order valence-electron chi connectivity index (χ4n) is 1.12. The molecule has 0 spiro atoms. The molecule has 0 amide bonds. The van der Waals surface area contributed by atoms with Crippen LogP contribution in [0.1, 0.15) is 43.0 Å². The van der Waals surface area contributed by atoms with E-state index >= 15 is 0 Å². The van der Waals surface area contributed by atoms with Crippen molar-refractivity contribution in [1.29, 1.82) is 0 Å². The van der Waals surface area contributed by atoms with Crippen LogP contribution in [0.25, 0.3) is 0 Å². The van der Waals surface area contributed by atoms with Crippen LogP contribution in [0.5, 0.6) is 0 Å². The molecule has 0 nitrogen and oxygen atoms in total. The van der Waals surface area contributed by atoms with Gasteiger partial charge < -0.3 is 1.43 Å². The molecule has 0 heterocycles. The molecule has 14 heavy (non-hydrogen) atoms. The van der Waals surface area contributed by atoms with Gasteiger partial charge in [-0.1, -0.05) is 0 Å². The fraction of sp³-hybridized carbons (Fsp3) is 1.00. The van der Waals surface area contributed by atoms with Gasteiger partial charge in [-0.3, -0.25) is 0 Å². The molecule has 0 aromatic rings. The zero-order chi connectivity index (χ0) is 11.4. The molecule has 0 aromatic heterocycles.